The molecule has 1 aromatic carbocycles. The summed E-state index contributed by atoms with van der Waals surface area (Å²) in [6.45, 7) is 5.54. The lowest BCUT2D eigenvalue weighted by Gasteiger charge is -2.19. The number of hydrogen-bond acceptors (Lipinski definition) is 10. The van der Waals surface area contributed by atoms with Gasteiger partial charge in [0.05, 0.1) is 5.69 Å². The maximum Gasteiger partial charge on any atom is 0.407 e. The van der Waals surface area contributed by atoms with E-state index >= 15 is 0 Å². The number of carbonyl (C=O) groups is 2. The van der Waals surface area contributed by atoms with Gasteiger partial charge in [0.1, 0.15) is 16.4 Å². The number of aromatic nitrogens is 4. The van der Waals surface area contributed by atoms with E-state index in [1.165, 1.54) is 11.3 Å². The minimum absolute atomic E-state index is 0.196. The third-order valence-electron chi connectivity index (χ3n) is 4.86. The van der Waals surface area contributed by atoms with E-state index in [0.717, 1.165) is 30.0 Å². The van der Waals surface area contributed by atoms with Gasteiger partial charge in [-0.25, -0.2) is 4.79 Å². The summed E-state index contributed by atoms with van der Waals surface area (Å²) in [5.74, 6) is -0.216. The summed E-state index contributed by atoms with van der Waals surface area (Å²) in [6.07, 6.45) is 1.33. The fraction of sp³-hybridized carbons (Fsp3) is 0.417. The van der Waals surface area contributed by atoms with E-state index in [-0.39, 0.29) is 6.54 Å². The molecule has 0 bridgehead atoms. The zero-order valence-corrected chi connectivity index (χ0v) is 21.3. The molecule has 192 valence electrons. The summed E-state index contributed by atoms with van der Waals surface area (Å²) in [4.78, 5) is 24.4. The predicted octanol–water partition coefficient (Wildman–Crippen LogP) is 3.17. The number of alkyl carbamates (subject to hydrolysis) is 1. The number of nitrogens with one attached hydrogen (secondary N) is 2. The average Bonchev–Trinajstić information content (AvgIpc) is 3.27. The van der Waals surface area contributed by atoms with Gasteiger partial charge in [0.15, 0.2) is 6.10 Å². The number of unbranched alkanes of at least 4 members (excludes halogenated alkanes) is 1. The van der Waals surface area contributed by atoms with E-state index in [9.17, 15) is 14.7 Å². The number of rotatable bonds is 10. The molecule has 2 amide bonds. The normalized spacial score (nSPS) is 12.1. The van der Waals surface area contributed by atoms with Crippen LogP contribution in [0.25, 0.3) is 0 Å². The van der Waals surface area contributed by atoms with Crippen LogP contribution in [0.15, 0.2) is 36.4 Å². The smallest absolute Gasteiger partial charge is 0.407 e. The van der Waals surface area contributed by atoms with Crippen LogP contribution in [0.1, 0.15) is 61.5 Å². The molecule has 1 atom stereocenters. The molecule has 1 unspecified atom stereocenters. The fourth-order valence-corrected chi connectivity index (χ4v) is 3.96. The van der Waals surface area contributed by atoms with Crippen LogP contribution in [-0.2, 0) is 28.9 Å². The molecule has 0 aliphatic heterocycles. The van der Waals surface area contributed by atoms with Crippen molar-refractivity contribution in [1.29, 1.82) is 0 Å². The third kappa shape index (κ3) is 8.86. The van der Waals surface area contributed by atoms with E-state index in [1.807, 2.05) is 6.07 Å². The lowest BCUT2D eigenvalue weighted by molar-refractivity contribution is -0.124. The van der Waals surface area contributed by atoms with Crippen LogP contribution >= 0.6 is 11.3 Å². The van der Waals surface area contributed by atoms with Crippen molar-refractivity contribution >= 4 is 34.3 Å². The highest BCUT2D eigenvalue weighted by Crippen LogP contribution is 2.21. The number of amides is 2. The van der Waals surface area contributed by atoms with Crippen molar-refractivity contribution in [2.45, 2.75) is 64.7 Å². The zero-order chi connectivity index (χ0) is 26.1. The van der Waals surface area contributed by atoms with Crippen molar-refractivity contribution in [2.75, 3.05) is 11.1 Å². The van der Waals surface area contributed by atoms with Crippen molar-refractivity contribution in [3.63, 3.8) is 0 Å². The highest BCUT2D eigenvalue weighted by molar-refractivity contribution is 7.15. The van der Waals surface area contributed by atoms with Gasteiger partial charge in [-0.05, 0) is 63.3 Å². The van der Waals surface area contributed by atoms with Gasteiger partial charge in [-0.2, -0.15) is 5.10 Å². The van der Waals surface area contributed by atoms with Gasteiger partial charge in [0, 0.05) is 13.0 Å². The first-order chi connectivity index (χ1) is 17.1. The molecular weight excluding hydrogens is 482 g/mol. The largest absolute Gasteiger partial charge is 0.444 e. The minimum Gasteiger partial charge on any atom is -0.444 e. The summed E-state index contributed by atoms with van der Waals surface area (Å²) in [5.41, 5.74) is 6.93. The Hall–Kier alpha value is -3.64. The molecule has 0 radical (unpaired) electrons. The van der Waals surface area contributed by atoms with E-state index in [0.29, 0.717) is 28.5 Å². The van der Waals surface area contributed by atoms with Crippen LogP contribution in [0.2, 0.25) is 0 Å². The molecule has 5 N–H and O–H groups in total. The molecule has 11 nitrogen and oxygen atoms in total. The highest BCUT2D eigenvalue weighted by atomic mass is 32.1. The molecule has 3 aromatic rings. The molecule has 12 heteroatoms. The molecule has 0 saturated heterocycles. The predicted molar refractivity (Wildman–Crippen MR) is 136 cm³/mol. The van der Waals surface area contributed by atoms with Gasteiger partial charge in [0.2, 0.25) is 5.13 Å². The average molecular weight is 514 g/mol. The van der Waals surface area contributed by atoms with E-state index in [1.54, 1.807) is 51.1 Å². The molecule has 0 fully saturated rings. The molecule has 0 aliphatic carbocycles. The monoisotopic (exact) mass is 513 g/mol. The Kier molecular flexibility index (Phi) is 9.25. The molecule has 0 spiro atoms. The van der Waals surface area contributed by atoms with Gasteiger partial charge in [0.25, 0.3) is 5.91 Å². The van der Waals surface area contributed by atoms with E-state index in [4.69, 9.17) is 10.5 Å². The van der Waals surface area contributed by atoms with Crippen LogP contribution in [-0.4, -0.2) is 43.1 Å². The molecule has 36 heavy (non-hydrogen) atoms. The number of nitrogens with zero attached hydrogens (tertiary/aromatic N) is 4. The molecular formula is C24H31N7O4S. The van der Waals surface area contributed by atoms with Crippen molar-refractivity contribution in [3.05, 3.63) is 58.2 Å². The molecule has 3 rings (SSSR count). The number of benzene rings is 1. The number of nitrogens with two attached hydrogens (primary N) is 1. The number of aliphatic hydroxyl groups is 1. The number of aliphatic hydroxyl groups excluding tert-OH is 1. The van der Waals surface area contributed by atoms with Gasteiger partial charge in [-0.3, -0.25) is 10.1 Å². The number of carbonyl (C=O) groups excluding carboxylic acids is 2. The Morgan fingerprint density at radius 3 is 2.58 bits per heavy atom. The molecule has 2 heterocycles. The fourth-order valence-electron chi connectivity index (χ4n) is 3.18. The summed E-state index contributed by atoms with van der Waals surface area (Å²) in [6, 6.07) is 10.4. The zero-order valence-electron chi connectivity index (χ0n) is 20.5. The van der Waals surface area contributed by atoms with Gasteiger partial charge < -0.3 is 20.9 Å². The maximum absolute atomic E-state index is 12.6. The Labute approximate surface area is 213 Å². The van der Waals surface area contributed by atoms with Crippen molar-refractivity contribution in [1.82, 2.24) is 25.7 Å². The molecule has 0 saturated carbocycles. The maximum atomic E-state index is 12.6. The van der Waals surface area contributed by atoms with Crippen LogP contribution in [0.5, 0.6) is 0 Å². The second-order valence-corrected chi connectivity index (χ2v) is 10.2. The van der Waals surface area contributed by atoms with Crippen molar-refractivity contribution in [2.24, 2.45) is 0 Å². The van der Waals surface area contributed by atoms with Crippen LogP contribution in [0, 0.1) is 0 Å². The van der Waals surface area contributed by atoms with Crippen LogP contribution < -0.4 is 16.4 Å². The SMILES string of the molecule is CC(C)(C)OC(=O)NCc1cccc(C(O)C(=O)Nc2nnc(CCCCc3ccc(N)nn3)s2)c1. The first kappa shape index (κ1) is 27.0. The Morgan fingerprint density at radius 2 is 1.86 bits per heavy atom. The highest BCUT2D eigenvalue weighted by Gasteiger charge is 2.20. The van der Waals surface area contributed by atoms with Crippen molar-refractivity contribution in [3.8, 4) is 0 Å². The number of hydrogen-bond donors (Lipinski definition) is 4. The summed E-state index contributed by atoms with van der Waals surface area (Å²) in [5, 5.41) is 32.9. The summed E-state index contributed by atoms with van der Waals surface area (Å²) in [7, 11) is 0. The number of nitrogen functional groups attached to an aromatic ring is 1. The van der Waals surface area contributed by atoms with Gasteiger partial charge in [-0.15, -0.1) is 15.3 Å². The Bertz CT molecular complexity index is 1160. The lowest BCUT2D eigenvalue weighted by atomic mass is 10.1. The van der Waals surface area contributed by atoms with Gasteiger partial charge in [-0.1, -0.05) is 35.6 Å². The molecule has 0 aliphatic rings. The minimum atomic E-state index is -1.40. The van der Waals surface area contributed by atoms with Gasteiger partial charge >= 0.3 is 6.09 Å². The number of anilines is 2. The lowest BCUT2D eigenvalue weighted by Crippen LogP contribution is -2.32. The van der Waals surface area contributed by atoms with Crippen LogP contribution in [0.3, 0.4) is 0 Å². The van der Waals surface area contributed by atoms with Crippen LogP contribution in [0.4, 0.5) is 15.7 Å². The summed E-state index contributed by atoms with van der Waals surface area (Å²) >= 11 is 1.27. The van der Waals surface area contributed by atoms with E-state index in [2.05, 4.69) is 31.0 Å². The first-order valence-corrected chi connectivity index (χ1v) is 12.4. The second-order valence-electron chi connectivity index (χ2n) is 9.15. The topological polar surface area (TPSA) is 165 Å². The quantitative estimate of drug-likeness (QED) is 0.298. The summed E-state index contributed by atoms with van der Waals surface area (Å²) < 4.78 is 5.21. The van der Waals surface area contributed by atoms with Crippen molar-refractivity contribution < 1.29 is 19.4 Å². The Balaban J connectivity index is 1.45. The van der Waals surface area contributed by atoms with E-state index < -0.39 is 23.7 Å². The Morgan fingerprint density at radius 1 is 1.08 bits per heavy atom. The number of aryl methyl sites for hydroxylation is 2. The molecule has 2 aromatic heterocycles. The second kappa shape index (κ2) is 12.4. The first-order valence-electron chi connectivity index (χ1n) is 11.5. The standard InChI is InChI=1S/C24H31N7O4S/c1-24(2,3)35-23(34)26-14-15-7-6-8-16(13-15)20(32)21(33)27-22-31-30-19(36-22)10-5-4-9-17-11-12-18(25)29-28-17/h6-8,11-13,20,32H,4-5,9-10,14H2,1-3H3,(H2,25,29)(H,26,34)(H,27,31,33). The third-order valence-corrected chi connectivity index (χ3v) is 5.76. The number of ether oxygens (including phenoxy) is 1.